The number of carbonyl (C=O) groups excluding carboxylic acids is 1. The molecule has 76 valence electrons. The van der Waals surface area contributed by atoms with Crippen molar-refractivity contribution in [2.24, 2.45) is 5.92 Å². The Kier molecular flexibility index (Phi) is 3.69. The van der Waals surface area contributed by atoms with Gasteiger partial charge >= 0.3 is 0 Å². The van der Waals surface area contributed by atoms with Crippen LogP contribution < -0.4 is 5.73 Å². The van der Waals surface area contributed by atoms with Crippen molar-refractivity contribution >= 4 is 27.4 Å². The van der Waals surface area contributed by atoms with E-state index in [-0.39, 0.29) is 5.78 Å². The molecule has 0 aliphatic carbocycles. The lowest BCUT2D eigenvalue weighted by Gasteiger charge is -2.05. The summed E-state index contributed by atoms with van der Waals surface area (Å²) in [5, 5.41) is 0. The Labute approximate surface area is 92.6 Å². The van der Waals surface area contributed by atoms with Gasteiger partial charge in [0.05, 0.1) is 0 Å². The SMILES string of the molecule is CC(C)CC(=O)c1ccc(N)c(Br)c1. The molecular formula is C11H14BrNO. The van der Waals surface area contributed by atoms with Gasteiger partial charge in [-0.05, 0) is 40.0 Å². The van der Waals surface area contributed by atoms with Crippen LogP contribution in [0.15, 0.2) is 22.7 Å². The Bertz CT molecular complexity index is 347. The highest BCUT2D eigenvalue weighted by Gasteiger charge is 2.09. The molecule has 0 atom stereocenters. The molecular weight excluding hydrogens is 242 g/mol. The lowest BCUT2D eigenvalue weighted by molar-refractivity contribution is 0.0968. The lowest BCUT2D eigenvalue weighted by Crippen LogP contribution is -2.03. The molecule has 0 saturated carbocycles. The van der Waals surface area contributed by atoms with Crippen molar-refractivity contribution in [3.63, 3.8) is 0 Å². The van der Waals surface area contributed by atoms with E-state index in [1.54, 1.807) is 18.2 Å². The highest BCUT2D eigenvalue weighted by molar-refractivity contribution is 9.10. The summed E-state index contributed by atoms with van der Waals surface area (Å²) < 4.78 is 0.784. The molecule has 0 spiro atoms. The molecule has 3 heteroatoms. The summed E-state index contributed by atoms with van der Waals surface area (Å²) in [6, 6.07) is 5.29. The molecule has 2 N–H and O–H groups in total. The number of carbonyl (C=O) groups is 1. The Morgan fingerprint density at radius 1 is 1.50 bits per heavy atom. The predicted molar refractivity (Wildman–Crippen MR) is 62.3 cm³/mol. The van der Waals surface area contributed by atoms with Gasteiger partial charge in [-0.2, -0.15) is 0 Å². The maximum atomic E-state index is 11.7. The number of hydrogen-bond donors (Lipinski definition) is 1. The summed E-state index contributed by atoms with van der Waals surface area (Å²) in [7, 11) is 0. The average Bonchev–Trinajstić information content (AvgIpc) is 2.08. The highest BCUT2D eigenvalue weighted by atomic mass is 79.9. The smallest absolute Gasteiger partial charge is 0.163 e. The predicted octanol–water partition coefficient (Wildman–Crippen LogP) is 3.26. The van der Waals surface area contributed by atoms with Crippen LogP contribution in [0.25, 0.3) is 0 Å². The third-order valence-corrected chi connectivity index (χ3v) is 2.60. The third kappa shape index (κ3) is 2.84. The van der Waals surface area contributed by atoms with Gasteiger partial charge in [-0.15, -0.1) is 0 Å². The molecule has 0 aromatic heterocycles. The van der Waals surface area contributed by atoms with Gasteiger partial charge in [0.2, 0.25) is 0 Å². The second-order valence-electron chi connectivity index (χ2n) is 3.76. The minimum Gasteiger partial charge on any atom is -0.398 e. The van der Waals surface area contributed by atoms with Gasteiger partial charge in [0.25, 0.3) is 0 Å². The maximum absolute atomic E-state index is 11.7. The van der Waals surface area contributed by atoms with Crippen LogP contribution in [-0.4, -0.2) is 5.78 Å². The van der Waals surface area contributed by atoms with Crippen molar-refractivity contribution in [2.75, 3.05) is 5.73 Å². The topological polar surface area (TPSA) is 43.1 Å². The van der Waals surface area contributed by atoms with E-state index in [9.17, 15) is 4.79 Å². The largest absolute Gasteiger partial charge is 0.398 e. The van der Waals surface area contributed by atoms with E-state index in [1.807, 2.05) is 13.8 Å². The monoisotopic (exact) mass is 255 g/mol. The second-order valence-corrected chi connectivity index (χ2v) is 4.61. The van der Waals surface area contributed by atoms with Crippen LogP contribution in [0.3, 0.4) is 0 Å². The molecule has 0 aliphatic heterocycles. The molecule has 0 unspecified atom stereocenters. The molecule has 2 nitrogen and oxygen atoms in total. The van der Waals surface area contributed by atoms with E-state index in [4.69, 9.17) is 5.73 Å². The van der Waals surface area contributed by atoms with Crippen molar-refractivity contribution in [1.82, 2.24) is 0 Å². The van der Waals surface area contributed by atoms with Crippen LogP contribution >= 0.6 is 15.9 Å². The Morgan fingerprint density at radius 2 is 2.14 bits per heavy atom. The Morgan fingerprint density at radius 3 is 2.64 bits per heavy atom. The minimum atomic E-state index is 0.167. The van der Waals surface area contributed by atoms with Gasteiger partial charge in [-0.3, -0.25) is 4.79 Å². The normalized spacial score (nSPS) is 10.6. The average molecular weight is 256 g/mol. The quantitative estimate of drug-likeness (QED) is 0.666. The molecule has 0 bridgehead atoms. The lowest BCUT2D eigenvalue weighted by atomic mass is 10.0. The Balaban J connectivity index is 2.86. The first-order valence-electron chi connectivity index (χ1n) is 4.59. The maximum Gasteiger partial charge on any atom is 0.163 e. The number of nitrogens with two attached hydrogens (primary N) is 1. The third-order valence-electron chi connectivity index (χ3n) is 1.92. The standard InChI is InChI=1S/C11H14BrNO/c1-7(2)5-11(14)8-3-4-10(13)9(12)6-8/h3-4,6-7H,5,13H2,1-2H3. The number of hydrogen-bond acceptors (Lipinski definition) is 2. The van der Waals surface area contributed by atoms with Crippen LogP contribution in [-0.2, 0) is 0 Å². The van der Waals surface area contributed by atoms with Crippen LogP contribution in [0.1, 0.15) is 30.6 Å². The fourth-order valence-corrected chi connectivity index (χ4v) is 1.57. The van der Waals surface area contributed by atoms with Crippen molar-refractivity contribution in [3.05, 3.63) is 28.2 Å². The van der Waals surface area contributed by atoms with Crippen LogP contribution in [0.2, 0.25) is 0 Å². The summed E-state index contributed by atoms with van der Waals surface area (Å²) in [4.78, 5) is 11.7. The van der Waals surface area contributed by atoms with Gasteiger partial charge in [-0.1, -0.05) is 13.8 Å². The summed E-state index contributed by atoms with van der Waals surface area (Å²) in [6.07, 6.45) is 0.580. The van der Waals surface area contributed by atoms with Gasteiger partial charge in [-0.25, -0.2) is 0 Å². The fraction of sp³-hybridized carbons (Fsp3) is 0.364. The molecule has 0 fully saturated rings. The molecule has 0 amide bonds. The second kappa shape index (κ2) is 4.60. The molecule has 0 radical (unpaired) electrons. The van der Waals surface area contributed by atoms with Crippen LogP contribution in [0, 0.1) is 5.92 Å². The molecule has 1 aromatic rings. The highest BCUT2D eigenvalue weighted by Crippen LogP contribution is 2.21. The van der Waals surface area contributed by atoms with E-state index in [2.05, 4.69) is 15.9 Å². The number of nitrogen functional groups attached to an aromatic ring is 1. The van der Waals surface area contributed by atoms with E-state index >= 15 is 0 Å². The molecule has 14 heavy (non-hydrogen) atoms. The first-order chi connectivity index (χ1) is 6.50. The van der Waals surface area contributed by atoms with Crippen LogP contribution in [0.5, 0.6) is 0 Å². The molecule has 0 saturated heterocycles. The van der Waals surface area contributed by atoms with E-state index < -0.39 is 0 Å². The number of Topliss-reactive ketones (excluding diaryl/α,β-unsaturated/α-hetero) is 1. The fourth-order valence-electron chi connectivity index (χ4n) is 1.19. The van der Waals surface area contributed by atoms with Crippen molar-refractivity contribution in [1.29, 1.82) is 0 Å². The van der Waals surface area contributed by atoms with Crippen molar-refractivity contribution < 1.29 is 4.79 Å². The zero-order chi connectivity index (χ0) is 10.7. The van der Waals surface area contributed by atoms with Gasteiger partial charge < -0.3 is 5.73 Å². The van der Waals surface area contributed by atoms with Crippen molar-refractivity contribution in [3.8, 4) is 0 Å². The molecule has 0 aliphatic rings. The molecule has 1 rings (SSSR count). The first-order valence-corrected chi connectivity index (χ1v) is 5.38. The number of ketones is 1. The first kappa shape index (κ1) is 11.2. The number of halogens is 1. The Hall–Kier alpha value is -0.830. The van der Waals surface area contributed by atoms with Crippen molar-refractivity contribution in [2.45, 2.75) is 20.3 Å². The van der Waals surface area contributed by atoms with Gasteiger partial charge in [0.15, 0.2) is 5.78 Å². The zero-order valence-electron chi connectivity index (χ0n) is 8.38. The van der Waals surface area contributed by atoms with E-state index in [1.165, 1.54) is 0 Å². The number of rotatable bonds is 3. The molecule has 1 aromatic carbocycles. The van der Waals surface area contributed by atoms with Gasteiger partial charge in [0.1, 0.15) is 0 Å². The summed E-state index contributed by atoms with van der Waals surface area (Å²) in [6.45, 7) is 4.06. The van der Waals surface area contributed by atoms with E-state index in [0.29, 0.717) is 18.0 Å². The minimum absolute atomic E-state index is 0.167. The van der Waals surface area contributed by atoms with Crippen LogP contribution in [0.4, 0.5) is 5.69 Å². The number of benzene rings is 1. The summed E-state index contributed by atoms with van der Waals surface area (Å²) >= 11 is 3.30. The van der Waals surface area contributed by atoms with E-state index in [0.717, 1.165) is 10.0 Å². The summed E-state index contributed by atoms with van der Waals surface area (Å²) in [5.41, 5.74) is 7.01. The summed E-state index contributed by atoms with van der Waals surface area (Å²) in [5.74, 6) is 0.555. The number of anilines is 1. The molecule has 0 heterocycles. The zero-order valence-corrected chi connectivity index (χ0v) is 9.97. The van der Waals surface area contributed by atoms with Gasteiger partial charge in [0, 0.05) is 22.1 Å².